The number of benzene rings is 1. The Hall–Kier alpha value is -0.780. The van der Waals surface area contributed by atoms with Crippen LogP contribution in [0.3, 0.4) is 0 Å². The second-order valence-corrected chi connectivity index (χ2v) is 4.49. The van der Waals surface area contributed by atoms with Gasteiger partial charge in [0.1, 0.15) is 0 Å². The van der Waals surface area contributed by atoms with Gasteiger partial charge in [0.15, 0.2) is 0 Å². The average Bonchev–Trinajstić information content (AvgIpc) is 2.22. The monoisotopic (exact) mass is 266 g/mol. The Balaban J connectivity index is 2.69. The second-order valence-electron chi connectivity index (χ2n) is 3.64. The molecule has 15 heavy (non-hydrogen) atoms. The summed E-state index contributed by atoms with van der Waals surface area (Å²) >= 11 is 3.44. The Morgan fingerprint density at radius 1 is 1.53 bits per heavy atom. The molecule has 1 rings (SSSR count). The van der Waals surface area contributed by atoms with Gasteiger partial charge in [0, 0.05) is 10.9 Å². The molecule has 0 aromatic heterocycles. The zero-order valence-electron chi connectivity index (χ0n) is 8.83. The molecule has 0 fully saturated rings. The van der Waals surface area contributed by atoms with Crippen molar-refractivity contribution >= 4 is 15.9 Å². The molecule has 0 aliphatic rings. The van der Waals surface area contributed by atoms with E-state index in [0.29, 0.717) is 6.42 Å². The molecule has 0 saturated carbocycles. The topological polar surface area (TPSA) is 20.2 Å². The summed E-state index contributed by atoms with van der Waals surface area (Å²) in [5.41, 5.74) is 2.11. The number of unbranched alkanes of at least 4 members (excludes halogenated alkanes) is 1. The summed E-state index contributed by atoms with van der Waals surface area (Å²) < 4.78 is 0.960. The van der Waals surface area contributed by atoms with Gasteiger partial charge in [0.2, 0.25) is 0 Å². The summed E-state index contributed by atoms with van der Waals surface area (Å²) in [6, 6.07) is 5.99. The van der Waals surface area contributed by atoms with E-state index in [0.717, 1.165) is 28.4 Å². The van der Waals surface area contributed by atoms with Crippen LogP contribution in [-0.4, -0.2) is 5.11 Å². The first-order chi connectivity index (χ1) is 7.15. The molecule has 1 N–H and O–H groups in total. The van der Waals surface area contributed by atoms with E-state index in [1.165, 1.54) is 0 Å². The van der Waals surface area contributed by atoms with Gasteiger partial charge in [-0.25, -0.2) is 0 Å². The van der Waals surface area contributed by atoms with Crippen molar-refractivity contribution in [1.82, 2.24) is 0 Å². The van der Waals surface area contributed by atoms with Crippen LogP contribution in [0.2, 0.25) is 0 Å². The van der Waals surface area contributed by atoms with Gasteiger partial charge in [-0.05, 0) is 31.4 Å². The molecule has 80 valence electrons. The van der Waals surface area contributed by atoms with E-state index in [2.05, 4.69) is 21.9 Å². The van der Waals surface area contributed by atoms with Gasteiger partial charge in [-0.1, -0.05) is 33.6 Å². The minimum atomic E-state index is -0.423. The van der Waals surface area contributed by atoms with Crippen molar-refractivity contribution < 1.29 is 5.11 Å². The summed E-state index contributed by atoms with van der Waals surface area (Å²) in [4.78, 5) is 0. The smallest absolute Gasteiger partial charge is 0.0801 e. The second kappa shape index (κ2) is 5.95. The number of halogens is 1. The van der Waals surface area contributed by atoms with Gasteiger partial charge in [-0.2, -0.15) is 0 Å². The van der Waals surface area contributed by atoms with Gasteiger partial charge in [0.25, 0.3) is 0 Å². The van der Waals surface area contributed by atoms with Crippen LogP contribution in [0.5, 0.6) is 0 Å². The maximum absolute atomic E-state index is 9.95. The van der Waals surface area contributed by atoms with Crippen LogP contribution >= 0.6 is 15.9 Å². The third-order valence-corrected chi connectivity index (χ3v) is 3.03. The number of aliphatic hydroxyl groups is 1. The molecule has 1 unspecified atom stereocenters. The van der Waals surface area contributed by atoms with Gasteiger partial charge < -0.3 is 5.11 Å². The molecule has 0 saturated heterocycles. The first-order valence-electron chi connectivity index (χ1n) is 5.02. The number of aryl methyl sites for hydroxylation is 1. The molecule has 0 spiro atoms. The summed E-state index contributed by atoms with van der Waals surface area (Å²) in [7, 11) is 0. The Labute approximate surface area is 99.6 Å². The maximum Gasteiger partial charge on any atom is 0.0801 e. The fraction of sp³-hybridized carbons (Fsp3) is 0.385. The standard InChI is InChI=1S/C13H15BrO/c1-3-4-5-6-13(15)11-9-10(2)7-8-12(11)14/h1,7-9,13,15H,4-6H2,2H3. The van der Waals surface area contributed by atoms with Crippen LogP contribution in [0.1, 0.15) is 36.5 Å². The van der Waals surface area contributed by atoms with Crippen molar-refractivity contribution in [3.05, 3.63) is 33.8 Å². The highest BCUT2D eigenvalue weighted by molar-refractivity contribution is 9.10. The van der Waals surface area contributed by atoms with E-state index < -0.39 is 6.10 Å². The molecular formula is C13H15BrO. The lowest BCUT2D eigenvalue weighted by Crippen LogP contribution is -1.99. The van der Waals surface area contributed by atoms with Crippen LogP contribution in [-0.2, 0) is 0 Å². The van der Waals surface area contributed by atoms with E-state index in [4.69, 9.17) is 6.42 Å². The molecular weight excluding hydrogens is 252 g/mol. The summed E-state index contributed by atoms with van der Waals surface area (Å²) in [5, 5.41) is 9.95. The Bertz CT molecular complexity index is 365. The van der Waals surface area contributed by atoms with Gasteiger partial charge in [0.05, 0.1) is 6.10 Å². The van der Waals surface area contributed by atoms with Crippen molar-refractivity contribution in [2.75, 3.05) is 0 Å². The van der Waals surface area contributed by atoms with Crippen molar-refractivity contribution in [1.29, 1.82) is 0 Å². The maximum atomic E-state index is 9.95. The van der Waals surface area contributed by atoms with E-state index in [9.17, 15) is 5.11 Å². The molecule has 0 aliphatic carbocycles. The lowest BCUT2D eigenvalue weighted by atomic mass is 10.0. The molecule has 1 aromatic carbocycles. The molecule has 0 radical (unpaired) electrons. The van der Waals surface area contributed by atoms with Crippen molar-refractivity contribution in [3.8, 4) is 12.3 Å². The van der Waals surface area contributed by atoms with E-state index in [-0.39, 0.29) is 0 Å². The van der Waals surface area contributed by atoms with Crippen LogP contribution < -0.4 is 0 Å². The average molecular weight is 267 g/mol. The van der Waals surface area contributed by atoms with E-state index >= 15 is 0 Å². The Kier molecular flexibility index (Phi) is 4.87. The Morgan fingerprint density at radius 2 is 2.27 bits per heavy atom. The van der Waals surface area contributed by atoms with Crippen LogP contribution in [0, 0.1) is 19.3 Å². The quantitative estimate of drug-likeness (QED) is 0.652. The van der Waals surface area contributed by atoms with Crippen molar-refractivity contribution in [3.63, 3.8) is 0 Å². The van der Waals surface area contributed by atoms with Gasteiger partial charge >= 0.3 is 0 Å². The number of rotatable bonds is 4. The van der Waals surface area contributed by atoms with Crippen LogP contribution in [0.25, 0.3) is 0 Å². The SMILES string of the molecule is C#CCCCC(O)c1cc(C)ccc1Br. The molecule has 2 heteroatoms. The summed E-state index contributed by atoms with van der Waals surface area (Å²) in [5.74, 6) is 2.58. The number of hydrogen-bond donors (Lipinski definition) is 1. The van der Waals surface area contributed by atoms with Crippen molar-refractivity contribution in [2.24, 2.45) is 0 Å². The molecule has 0 heterocycles. The molecule has 1 atom stereocenters. The van der Waals surface area contributed by atoms with Crippen LogP contribution in [0.15, 0.2) is 22.7 Å². The fourth-order valence-corrected chi connectivity index (χ4v) is 1.98. The third-order valence-electron chi connectivity index (χ3n) is 2.31. The lowest BCUT2D eigenvalue weighted by Gasteiger charge is -2.12. The molecule has 0 amide bonds. The highest BCUT2D eigenvalue weighted by Crippen LogP contribution is 2.27. The molecule has 0 aliphatic heterocycles. The first kappa shape index (κ1) is 12.3. The number of terminal acetylenes is 1. The number of hydrogen-bond acceptors (Lipinski definition) is 1. The van der Waals surface area contributed by atoms with E-state index in [1.54, 1.807) is 0 Å². The normalized spacial score (nSPS) is 12.1. The largest absolute Gasteiger partial charge is 0.388 e. The number of aliphatic hydroxyl groups excluding tert-OH is 1. The molecule has 1 nitrogen and oxygen atoms in total. The molecule has 0 bridgehead atoms. The zero-order chi connectivity index (χ0) is 11.3. The van der Waals surface area contributed by atoms with Gasteiger partial charge in [-0.15, -0.1) is 12.3 Å². The minimum absolute atomic E-state index is 0.423. The molecule has 1 aromatic rings. The summed E-state index contributed by atoms with van der Waals surface area (Å²) in [6.45, 7) is 2.02. The van der Waals surface area contributed by atoms with Crippen molar-refractivity contribution in [2.45, 2.75) is 32.3 Å². The summed E-state index contributed by atoms with van der Waals surface area (Å²) in [6.07, 6.45) is 7.04. The minimum Gasteiger partial charge on any atom is -0.388 e. The predicted molar refractivity (Wildman–Crippen MR) is 66.5 cm³/mol. The fourth-order valence-electron chi connectivity index (χ4n) is 1.47. The highest BCUT2D eigenvalue weighted by Gasteiger charge is 2.10. The predicted octanol–water partition coefficient (Wildman–Crippen LogP) is 3.59. The zero-order valence-corrected chi connectivity index (χ0v) is 10.4. The lowest BCUT2D eigenvalue weighted by molar-refractivity contribution is 0.164. The Morgan fingerprint density at radius 3 is 2.93 bits per heavy atom. The van der Waals surface area contributed by atoms with Crippen LogP contribution in [0.4, 0.5) is 0 Å². The highest BCUT2D eigenvalue weighted by atomic mass is 79.9. The van der Waals surface area contributed by atoms with E-state index in [1.807, 2.05) is 25.1 Å². The third kappa shape index (κ3) is 3.70. The first-order valence-corrected chi connectivity index (χ1v) is 5.82. The van der Waals surface area contributed by atoms with Gasteiger partial charge in [-0.3, -0.25) is 0 Å².